The Balaban J connectivity index is 0.00000259. The molecule has 3 N–H and O–H groups in total. The quantitative estimate of drug-likeness (QED) is 0.465. The van der Waals surface area contributed by atoms with Gasteiger partial charge in [-0.05, 0) is 36.2 Å². The van der Waals surface area contributed by atoms with Crippen molar-refractivity contribution < 1.29 is 13.6 Å². The number of nitrogens with zero attached hydrogens (tertiary/aromatic N) is 4. The number of H-pyrrole nitrogens is 1. The molecule has 0 unspecified atom stereocenters. The summed E-state index contributed by atoms with van der Waals surface area (Å²) in [6.45, 7) is 3.94. The van der Waals surface area contributed by atoms with Gasteiger partial charge >= 0.3 is 0 Å². The maximum Gasteiger partial charge on any atom is 0.249 e. The summed E-state index contributed by atoms with van der Waals surface area (Å²) >= 11 is 0. The molecule has 0 spiro atoms. The van der Waals surface area contributed by atoms with Crippen LogP contribution < -0.4 is 10.6 Å². The van der Waals surface area contributed by atoms with E-state index in [1.54, 1.807) is 18.2 Å². The number of amides is 1. The van der Waals surface area contributed by atoms with Crippen LogP contribution in [0.25, 0.3) is 21.9 Å². The van der Waals surface area contributed by atoms with E-state index in [0.717, 1.165) is 55.1 Å². The van der Waals surface area contributed by atoms with E-state index in [9.17, 15) is 13.6 Å². The molecule has 5 rings (SSSR count). The lowest BCUT2D eigenvalue weighted by Gasteiger charge is -2.35. The van der Waals surface area contributed by atoms with Crippen molar-refractivity contribution in [3.63, 3.8) is 0 Å². The van der Waals surface area contributed by atoms with E-state index in [1.807, 2.05) is 6.07 Å². The molecule has 4 aromatic rings. The molecule has 0 aliphatic carbocycles. The molecule has 1 aliphatic rings. The van der Waals surface area contributed by atoms with Crippen LogP contribution in [0.4, 0.5) is 14.6 Å². The first-order valence-electron chi connectivity index (χ1n) is 10.5. The van der Waals surface area contributed by atoms with Crippen LogP contribution in [0, 0.1) is 11.6 Å². The number of aromatic amines is 1. The molecule has 172 valence electrons. The average molecular weight is 473 g/mol. The van der Waals surface area contributed by atoms with Crippen molar-refractivity contribution in [2.24, 2.45) is 5.73 Å². The summed E-state index contributed by atoms with van der Waals surface area (Å²) in [5, 5.41) is 0.712. The summed E-state index contributed by atoms with van der Waals surface area (Å²) < 4.78 is 26.5. The lowest BCUT2D eigenvalue weighted by molar-refractivity contribution is 0.100. The number of primary amides is 1. The second kappa shape index (κ2) is 9.29. The van der Waals surface area contributed by atoms with Crippen LogP contribution in [0.1, 0.15) is 15.9 Å². The SMILES string of the molecule is Cl.NC(=O)c1cccc2[nH]c3c(N4CCN(CCc5ccc(F)c(F)c5)CC4)ncnc3c12. The first-order chi connectivity index (χ1) is 15.5. The topological polar surface area (TPSA) is 91.1 Å². The zero-order valence-corrected chi connectivity index (χ0v) is 18.5. The number of hydrogen-bond acceptors (Lipinski definition) is 5. The molecule has 0 saturated carbocycles. The smallest absolute Gasteiger partial charge is 0.249 e. The van der Waals surface area contributed by atoms with E-state index in [2.05, 4.69) is 24.8 Å². The number of aromatic nitrogens is 3. The van der Waals surface area contributed by atoms with Gasteiger partial charge in [0.15, 0.2) is 17.5 Å². The second-order valence-corrected chi connectivity index (χ2v) is 7.97. The van der Waals surface area contributed by atoms with Crippen molar-refractivity contribution in [2.45, 2.75) is 6.42 Å². The molecular weight excluding hydrogens is 450 g/mol. The lowest BCUT2D eigenvalue weighted by Crippen LogP contribution is -2.47. The van der Waals surface area contributed by atoms with E-state index in [-0.39, 0.29) is 12.4 Å². The van der Waals surface area contributed by atoms with E-state index < -0.39 is 17.5 Å². The minimum atomic E-state index is -0.821. The normalized spacial score (nSPS) is 14.5. The van der Waals surface area contributed by atoms with Gasteiger partial charge in [-0.15, -0.1) is 12.4 Å². The molecule has 1 aliphatic heterocycles. The molecule has 1 saturated heterocycles. The molecule has 33 heavy (non-hydrogen) atoms. The highest BCUT2D eigenvalue weighted by Crippen LogP contribution is 2.31. The summed E-state index contributed by atoms with van der Waals surface area (Å²) in [6, 6.07) is 9.44. The van der Waals surface area contributed by atoms with Gasteiger partial charge in [-0.1, -0.05) is 12.1 Å². The van der Waals surface area contributed by atoms with Crippen LogP contribution in [0.3, 0.4) is 0 Å². The Morgan fingerprint density at radius 1 is 1.06 bits per heavy atom. The molecule has 1 fully saturated rings. The third kappa shape index (κ3) is 4.34. The minimum Gasteiger partial charge on any atom is -0.366 e. The summed E-state index contributed by atoms with van der Waals surface area (Å²) in [5.74, 6) is -1.33. The second-order valence-electron chi connectivity index (χ2n) is 7.97. The number of fused-ring (bicyclic) bond motifs is 3. The van der Waals surface area contributed by atoms with Crippen LogP contribution in [0.15, 0.2) is 42.7 Å². The fraction of sp³-hybridized carbons (Fsp3) is 0.261. The first-order valence-corrected chi connectivity index (χ1v) is 10.5. The van der Waals surface area contributed by atoms with E-state index in [4.69, 9.17) is 5.73 Å². The fourth-order valence-electron chi connectivity index (χ4n) is 4.34. The van der Waals surface area contributed by atoms with Crippen molar-refractivity contribution in [3.8, 4) is 0 Å². The number of nitrogens with two attached hydrogens (primary N) is 1. The third-order valence-electron chi connectivity index (χ3n) is 6.03. The average Bonchev–Trinajstić information content (AvgIpc) is 3.19. The zero-order valence-electron chi connectivity index (χ0n) is 17.7. The Bertz CT molecular complexity index is 1320. The third-order valence-corrected chi connectivity index (χ3v) is 6.03. The number of benzene rings is 2. The number of halogens is 3. The maximum atomic E-state index is 13.4. The van der Waals surface area contributed by atoms with Gasteiger partial charge in [-0.2, -0.15) is 0 Å². The lowest BCUT2D eigenvalue weighted by atomic mass is 10.1. The van der Waals surface area contributed by atoms with Crippen LogP contribution in [0.2, 0.25) is 0 Å². The standard InChI is InChI=1S/C23H22F2N6O.ClH/c24-16-5-4-14(12-17(16)25)6-7-30-8-10-31(11-9-30)23-21-20(27-13-28-23)19-15(22(26)32)2-1-3-18(19)29-21;/h1-5,12-13,29H,6-11H2,(H2,26,32);1H. The monoisotopic (exact) mass is 472 g/mol. The summed E-state index contributed by atoms with van der Waals surface area (Å²) in [7, 11) is 0. The van der Waals surface area contributed by atoms with Crippen LogP contribution >= 0.6 is 12.4 Å². The molecule has 2 aromatic carbocycles. The zero-order chi connectivity index (χ0) is 22.2. The molecule has 0 radical (unpaired) electrons. The number of piperazine rings is 1. The summed E-state index contributed by atoms with van der Waals surface area (Å²) in [4.78, 5) is 28.7. The predicted octanol–water partition coefficient (Wildman–Crippen LogP) is 3.27. The van der Waals surface area contributed by atoms with Gasteiger partial charge in [0.05, 0.1) is 5.56 Å². The van der Waals surface area contributed by atoms with Gasteiger partial charge < -0.3 is 15.6 Å². The number of nitrogens with one attached hydrogen (secondary N) is 1. The van der Waals surface area contributed by atoms with Crippen LogP contribution in [-0.4, -0.2) is 58.5 Å². The number of hydrogen-bond donors (Lipinski definition) is 2. The fourth-order valence-corrected chi connectivity index (χ4v) is 4.34. The minimum absolute atomic E-state index is 0. The molecular formula is C23H23ClF2N6O. The Morgan fingerprint density at radius 3 is 2.58 bits per heavy atom. The highest BCUT2D eigenvalue weighted by Gasteiger charge is 2.22. The summed E-state index contributed by atoms with van der Waals surface area (Å²) in [6.07, 6.45) is 2.17. The van der Waals surface area contributed by atoms with Crippen LogP contribution in [0.5, 0.6) is 0 Å². The maximum absolute atomic E-state index is 13.4. The van der Waals surface area contributed by atoms with Gasteiger partial charge in [0.25, 0.3) is 0 Å². The number of carbonyl (C=O) groups excluding carboxylic acids is 1. The van der Waals surface area contributed by atoms with E-state index in [1.165, 1.54) is 18.5 Å². The first kappa shape index (κ1) is 22.9. The molecule has 3 heterocycles. The molecule has 10 heteroatoms. The Morgan fingerprint density at radius 2 is 1.85 bits per heavy atom. The summed E-state index contributed by atoms with van der Waals surface area (Å²) in [5.41, 5.74) is 9.04. The van der Waals surface area contributed by atoms with Gasteiger partial charge in [-0.3, -0.25) is 9.69 Å². The van der Waals surface area contributed by atoms with Crippen molar-refractivity contribution in [2.75, 3.05) is 37.6 Å². The predicted molar refractivity (Wildman–Crippen MR) is 126 cm³/mol. The number of anilines is 1. The Labute approximate surface area is 195 Å². The van der Waals surface area contributed by atoms with Crippen molar-refractivity contribution >= 4 is 46.1 Å². The van der Waals surface area contributed by atoms with E-state index in [0.29, 0.717) is 22.9 Å². The molecule has 0 bridgehead atoms. The van der Waals surface area contributed by atoms with Gasteiger partial charge in [0.1, 0.15) is 17.4 Å². The highest BCUT2D eigenvalue weighted by molar-refractivity contribution is 6.17. The van der Waals surface area contributed by atoms with E-state index >= 15 is 0 Å². The van der Waals surface area contributed by atoms with Gasteiger partial charge in [-0.25, -0.2) is 18.7 Å². The highest BCUT2D eigenvalue weighted by atomic mass is 35.5. The number of carbonyl (C=O) groups is 1. The van der Waals surface area contributed by atoms with Crippen molar-refractivity contribution in [3.05, 3.63) is 65.5 Å². The van der Waals surface area contributed by atoms with Gasteiger partial charge in [0, 0.05) is 43.6 Å². The van der Waals surface area contributed by atoms with Crippen LogP contribution in [-0.2, 0) is 6.42 Å². The van der Waals surface area contributed by atoms with Crippen molar-refractivity contribution in [1.82, 2.24) is 19.9 Å². The molecule has 7 nitrogen and oxygen atoms in total. The molecule has 0 atom stereocenters. The number of rotatable bonds is 5. The van der Waals surface area contributed by atoms with Crippen molar-refractivity contribution in [1.29, 1.82) is 0 Å². The Hall–Kier alpha value is -3.30. The molecule has 2 aromatic heterocycles. The largest absolute Gasteiger partial charge is 0.366 e. The van der Waals surface area contributed by atoms with Gasteiger partial charge in [0.2, 0.25) is 5.91 Å². The Kier molecular flexibility index (Phi) is 6.44. The molecule has 1 amide bonds.